The molecule has 1 heterocycles. The molecule has 3 heteroatoms. The number of hydrogen-bond donors (Lipinski definition) is 1. The van der Waals surface area contributed by atoms with Crippen LogP contribution in [0.25, 0.3) is 0 Å². The second-order valence-corrected chi connectivity index (χ2v) is 4.75. The SMILES string of the molecule is C=CCC1CCCCN1c1ccc(C#N)cc1N. The van der Waals surface area contributed by atoms with E-state index in [0.29, 0.717) is 17.3 Å². The average molecular weight is 241 g/mol. The van der Waals surface area contributed by atoms with Crippen LogP contribution < -0.4 is 10.6 Å². The highest BCUT2D eigenvalue weighted by Gasteiger charge is 2.22. The van der Waals surface area contributed by atoms with Crippen LogP contribution >= 0.6 is 0 Å². The quantitative estimate of drug-likeness (QED) is 0.653. The molecular weight excluding hydrogens is 222 g/mol. The molecular formula is C15H19N3. The number of benzene rings is 1. The van der Waals surface area contributed by atoms with Gasteiger partial charge >= 0.3 is 0 Å². The van der Waals surface area contributed by atoms with Crippen molar-refractivity contribution in [1.82, 2.24) is 0 Å². The molecule has 1 aromatic carbocycles. The molecule has 1 aromatic rings. The molecule has 0 bridgehead atoms. The molecule has 0 amide bonds. The van der Waals surface area contributed by atoms with E-state index in [1.54, 1.807) is 6.07 Å². The first-order valence-electron chi connectivity index (χ1n) is 6.43. The normalized spacial score (nSPS) is 19.3. The van der Waals surface area contributed by atoms with Crippen LogP contribution in [0.5, 0.6) is 0 Å². The van der Waals surface area contributed by atoms with Gasteiger partial charge in [0.25, 0.3) is 0 Å². The maximum Gasteiger partial charge on any atom is 0.0992 e. The van der Waals surface area contributed by atoms with Gasteiger partial charge < -0.3 is 10.6 Å². The zero-order chi connectivity index (χ0) is 13.0. The Morgan fingerprint density at radius 2 is 2.33 bits per heavy atom. The average Bonchev–Trinajstić information content (AvgIpc) is 2.40. The van der Waals surface area contributed by atoms with Crippen LogP contribution in [0.1, 0.15) is 31.2 Å². The molecule has 2 N–H and O–H groups in total. The summed E-state index contributed by atoms with van der Waals surface area (Å²) < 4.78 is 0. The maximum atomic E-state index is 8.87. The first kappa shape index (κ1) is 12.5. The lowest BCUT2D eigenvalue weighted by atomic mass is 9.98. The van der Waals surface area contributed by atoms with Crippen molar-refractivity contribution in [1.29, 1.82) is 5.26 Å². The first-order valence-corrected chi connectivity index (χ1v) is 6.43. The molecule has 1 aliphatic rings. The Kier molecular flexibility index (Phi) is 3.88. The van der Waals surface area contributed by atoms with Gasteiger partial charge in [-0.2, -0.15) is 5.26 Å². The maximum absolute atomic E-state index is 8.87. The van der Waals surface area contributed by atoms with Crippen molar-refractivity contribution < 1.29 is 0 Å². The Hall–Kier alpha value is -1.95. The Labute approximate surface area is 109 Å². The van der Waals surface area contributed by atoms with Crippen LogP contribution in [0.15, 0.2) is 30.9 Å². The van der Waals surface area contributed by atoms with E-state index in [9.17, 15) is 0 Å². The van der Waals surface area contributed by atoms with Crippen molar-refractivity contribution >= 4 is 11.4 Å². The Morgan fingerprint density at radius 3 is 3.00 bits per heavy atom. The first-order chi connectivity index (χ1) is 8.76. The smallest absolute Gasteiger partial charge is 0.0992 e. The Morgan fingerprint density at radius 1 is 1.50 bits per heavy atom. The van der Waals surface area contributed by atoms with Gasteiger partial charge in [-0.05, 0) is 43.9 Å². The number of anilines is 2. The summed E-state index contributed by atoms with van der Waals surface area (Å²) in [6, 6.07) is 8.18. The molecule has 0 radical (unpaired) electrons. The summed E-state index contributed by atoms with van der Waals surface area (Å²) in [5.41, 5.74) is 8.44. The summed E-state index contributed by atoms with van der Waals surface area (Å²) in [7, 11) is 0. The van der Waals surface area contributed by atoms with E-state index in [1.165, 1.54) is 19.3 Å². The highest BCUT2D eigenvalue weighted by molar-refractivity contribution is 5.70. The Bertz CT molecular complexity index is 473. The molecule has 2 rings (SSSR count). The number of hydrogen-bond acceptors (Lipinski definition) is 3. The minimum atomic E-state index is 0.492. The third kappa shape index (κ3) is 2.48. The van der Waals surface area contributed by atoms with Crippen LogP contribution in [0.2, 0.25) is 0 Å². The standard InChI is InChI=1S/C15H19N3/c1-2-5-13-6-3-4-9-18(13)15-8-7-12(11-16)10-14(15)17/h2,7-8,10,13H,1,3-6,9,17H2. The van der Waals surface area contributed by atoms with Gasteiger partial charge in [-0.3, -0.25) is 0 Å². The van der Waals surface area contributed by atoms with Crippen molar-refractivity contribution in [2.75, 3.05) is 17.2 Å². The van der Waals surface area contributed by atoms with Crippen LogP contribution in [0.4, 0.5) is 11.4 Å². The van der Waals surface area contributed by atoms with Gasteiger partial charge in [0.2, 0.25) is 0 Å². The van der Waals surface area contributed by atoms with Crippen LogP contribution in [-0.2, 0) is 0 Å². The third-order valence-corrected chi connectivity index (χ3v) is 3.53. The van der Waals surface area contributed by atoms with Crippen molar-refractivity contribution in [2.45, 2.75) is 31.7 Å². The highest BCUT2D eigenvalue weighted by Crippen LogP contribution is 2.31. The molecule has 1 fully saturated rings. The van der Waals surface area contributed by atoms with Gasteiger partial charge in [-0.25, -0.2) is 0 Å². The topological polar surface area (TPSA) is 53.0 Å². The number of nitrogens with zero attached hydrogens (tertiary/aromatic N) is 2. The second kappa shape index (κ2) is 5.59. The molecule has 0 saturated carbocycles. The van der Waals surface area contributed by atoms with Gasteiger partial charge in [0, 0.05) is 12.6 Å². The van der Waals surface area contributed by atoms with E-state index >= 15 is 0 Å². The fourth-order valence-corrected chi connectivity index (χ4v) is 2.64. The fraction of sp³-hybridized carbons (Fsp3) is 0.400. The lowest BCUT2D eigenvalue weighted by Gasteiger charge is -2.37. The van der Waals surface area contributed by atoms with Gasteiger partial charge in [0.05, 0.1) is 23.0 Å². The van der Waals surface area contributed by atoms with E-state index in [-0.39, 0.29) is 0 Å². The summed E-state index contributed by atoms with van der Waals surface area (Å²) in [5, 5.41) is 8.87. The van der Waals surface area contributed by atoms with Crippen LogP contribution in [0, 0.1) is 11.3 Å². The van der Waals surface area contributed by atoms with Crippen molar-refractivity contribution in [3.8, 4) is 6.07 Å². The molecule has 1 saturated heterocycles. The van der Waals surface area contributed by atoms with Crippen molar-refractivity contribution in [3.63, 3.8) is 0 Å². The molecule has 1 atom stereocenters. The Balaban J connectivity index is 2.28. The van der Waals surface area contributed by atoms with Crippen LogP contribution in [0.3, 0.4) is 0 Å². The van der Waals surface area contributed by atoms with Gasteiger partial charge in [-0.15, -0.1) is 6.58 Å². The molecule has 1 unspecified atom stereocenters. The molecule has 94 valence electrons. The third-order valence-electron chi connectivity index (χ3n) is 3.53. The lowest BCUT2D eigenvalue weighted by molar-refractivity contribution is 0.463. The predicted molar refractivity (Wildman–Crippen MR) is 75.4 cm³/mol. The van der Waals surface area contributed by atoms with Crippen molar-refractivity contribution in [3.05, 3.63) is 36.4 Å². The summed E-state index contributed by atoms with van der Waals surface area (Å²) >= 11 is 0. The van der Waals surface area contributed by atoms with E-state index in [4.69, 9.17) is 11.0 Å². The minimum Gasteiger partial charge on any atom is -0.397 e. The molecule has 0 aliphatic carbocycles. The van der Waals surface area contributed by atoms with Gasteiger partial charge in [-0.1, -0.05) is 6.08 Å². The van der Waals surface area contributed by atoms with E-state index in [0.717, 1.165) is 18.7 Å². The van der Waals surface area contributed by atoms with Gasteiger partial charge in [0.15, 0.2) is 0 Å². The molecule has 0 aromatic heterocycles. The number of nitrogen functional groups attached to an aromatic ring is 1. The summed E-state index contributed by atoms with van der Waals surface area (Å²) in [6.45, 7) is 4.87. The summed E-state index contributed by atoms with van der Waals surface area (Å²) in [5.74, 6) is 0. The zero-order valence-electron chi connectivity index (χ0n) is 10.6. The highest BCUT2D eigenvalue weighted by atomic mass is 15.2. The lowest BCUT2D eigenvalue weighted by Crippen LogP contribution is -2.39. The van der Waals surface area contributed by atoms with E-state index < -0.39 is 0 Å². The number of rotatable bonds is 3. The van der Waals surface area contributed by atoms with E-state index in [1.807, 2.05) is 18.2 Å². The molecule has 18 heavy (non-hydrogen) atoms. The minimum absolute atomic E-state index is 0.492. The second-order valence-electron chi connectivity index (χ2n) is 4.75. The molecule has 0 spiro atoms. The monoisotopic (exact) mass is 241 g/mol. The predicted octanol–water partition coefficient (Wildman–Crippen LogP) is 3.08. The number of nitriles is 1. The number of piperidine rings is 1. The van der Waals surface area contributed by atoms with Crippen LogP contribution in [-0.4, -0.2) is 12.6 Å². The zero-order valence-corrected chi connectivity index (χ0v) is 10.6. The number of nitrogens with two attached hydrogens (primary N) is 1. The van der Waals surface area contributed by atoms with Gasteiger partial charge in [0.1, 0.15) is 0 Å². The summed E-state index contributed by atoms with van der Waals surface area (Å²) in [6.07, 6.45) is 6.62. The summed E-state index contributed by atoms with van der Waals surface area (Å²) in [4.78, 5) is 2.36. The molecule has 3 nitrogen and oxygen atoms in total. The largest absolute Gasteiger partial charge is 0.397 e. The molecule has 1 aliphatic heterocycles. The fourth-order valence-electron chi connectivity index (χ4n) is 2.64. The van der Waals surface area contributed by atoms with Crippen molar-refractivity contribution in [2.24, 2.45) is 0 Å². The van der Waals surface area contributed by atoms with E-state index in [2.05, 4.69) is 17.5 Å².